The quantitative estimate of drug-likeness (QED) is 0.420. The van der Waals surface area contributed by atoms with E-state index in [4.69, 9.17) is 21.1 Å². The van der Waals surface area contributed by atoms with Gasteiger partial charge in [0.25, 0.3) is 0 Å². The Labute approximate surface area is 236 Å². The largest absolute Gasteiger partial charge is 0.497 e. The zero-order valence-corrected chi connectivity index (χ0v) is 23.0. The van der Waals surface area contributed by atoms with Crippen molar-refractivity contribution in [2.75, 3.05) is 36.6 Å². The first-order chi connectivity index (χ1) is 19.0. The average molecular weight is 573 g/mol. The molecule has 0 unspecified atom stereocenters. The number of amides is 1. The number of halogens is 3. The summed E-state index contributed by atoms with van der Waals surface area (Å²) in [5.74, 6) is -0.264. The van der Waals surface area contributed by atoms with Crippen LogP contribution in [0, 0.1) is 11.6 Å². The molecule has 3 aromatic carbocycles. The summed E-state index contributed by atoms with van der Waals surface area (Å²) in [4.78, 5) is 15.9. The smallest absolute Gasteiger partial charge is 0.227 e. The second-order valence-corrected chi connectivity index (χ2v) is 11.0. The molecule has 1 fully saturated rings. The van der Waals surface area contributed by atoms with Crippen molar-refractivity contribution in [3.05, 3.63) is 82.4 Å². The maximum Gasteiger partial charge on any atom is 0.227 e. The predicted octanol–water partition coefficient (Wildman–Crippen LogP) is 4.88. The third kappa shape index (κ3) is 5.33. The fourth-order valence-corrected chi connectivity index (χ4v) is 5.54. The van der Waals surface area contributed by atoms with Gasteiger partial charge in [-0.1, -0.05) is 23.7 Å². The molecule has 5 rings (SSSR count). The van der Waals surface area contributed by atoms with Gasteiger partial charge in [-0.05, 0) is 67.8 Å². The Morgan fingerprint density at radius 1 is 1.02 bits per heavy atom. The number of β-amino-alcohol motifs (C(OH)–C–C–N with tert-alkyl or cyclic N) is 1. The van der Waals surface area contributed by atoms with Crippen LogP contribution in [0.25, 0.3) is 0 Å². The maximum absolute atomic E-state index is 15.1. The molecule has 1 saturated heterocycles. The molecule has 212 valence electrons. The molecule has 7 nitrogen and oxygen atoms in total. The molecular formula is C30H31ClF2N2O5. The highest BCUT2D eigenvalue weighted by Crippen LogP contribution is 2.40. The zero-order valence-electron chi connectivity index (χ0n) is 22.3. The van der Waals surface area contributed by atoms with Gasteiger partial charge in [-0.25, -0.2) is 8.78 Å². The third-order valence-electron chi connectivity index (χ3n) is 7.86. The van der Waals surface area contributed by atoms with Gasteiger partial charge in [0, 0.05) is 30.1 Å². The Hall–Kier alpha value is -3.40. The van der Waals surface area contributed by atoms with Crippen LogP contribution in [0.2, 0.25) is 5.02 Å². The number of carbonyl (C=O) groups excluding carboxylic acids is 1. The monoisotopic (exact) mass is 572 g/mol. The van der Waals surface area contributed by atoms with Gasteiger partial charge in [0.05, 0.1) is 25.0 Å². The van der Waals surface area contributed by atoms with E-state index in [-0.39, 0.29) is 67.8 Å². The number of nitrogens with zero attached hydrogens (tertiary/aromatic N) is 2. The first kappa shape index (κ1) is 28.1. The van der Waals surface area contributed by atoms with Crippen molar-refractivity contribution in [2.24, 2.45) is 0 Å². The highest BCUT2D eigenvalue weighted by atomic mass is 35.5. The molecule has 0 radical (unpaired) electrons. The average Bonchev–Trinajstić information content (AvgIpc) is 2.92. The Balaban J connectivity index is 1.35. The molecule has 2 atom stereocenters. The molecule has 40 heavy (non-hydrogen) atoms. The lowest BCUT2D eigenvalue weighted by Crippen LogP contribution is -2.66. The van der Waals surface area contributed by atoms with E-state index in [1.165, 1.54) is 30.0 Å². The van der Waals surface area contributed by atoms with Crippen LogP contribution in [-0.2, 0) is 17.8 Å². The van der Waals surface area contributed by atoms with Gasteiger partial charge in [-0.15, -0.1) is 0 Å². The van der Waals surface area contributed by atoms with Crippen molar-refractivity contribution >= 4 is 28.9 Å². The number of methoxy groups -OCH3 is 1. The maximum atomic E-state index is 15.1. The van der Waals surface area contributed by atoms with Gasteiger partial charge in [0.2, 0.25) is 5.91 Å². The van der Waals surface area contributed by atoms with Crippen LogP contribution in [0.15, 0.2) is 54.6 Å². The second kappa shape index (κ2) is 10.9. The Morgan fingerprint density at radius 2 is 1.77 bits per heavy atom. The number of aliphatic hydroxyl groups is 2. The topological polar surface area (TPSA) is 82.5 Å². The fraction of sp³-hybridized carbons (Fsp3) is 0.367. The van der Waals surface area contributed by atoms with Gasteiger partial charge >= 0.3 is 0 Å². The van der Waals surface area contributed by atoms with E-state index in [2.05, 4.69) is 0 Å². The Kier molecular flexibility index (Phi) is 7.65. The lowest BCUT2D eigenvalue weighted by molar-refractivity contribution is -0.166. The summed E-state index contributed by atoms with van der Waals surface area (Å²) < 4.78 is 40.9. The molecule has 0 aromatic heterocycles. The summed E-state index contributed by atoms with van der Waals surface area (Å²) in [7, 11) is 1.56. The molecule has 0 spiro atoms. The SMILES string of the molecule is COc1ccc(CN2C(=O)CCc3c(OC[C@@]4(O)CCN(c5ccc(Cl)cc5F)C[C@]4(C)O)ccc(F)c32)cc1. The predicted molar refractivity (Wildman–Crippen MR) is 148 cm³/mol. The Bertz CT molecular complexity index is 1420. The van der Waals surface area contributed by atoms with E-state index >= 15 is 4.39 Å². The van der Waals surface area contributed by atoms with Crippen LogP contribution in [0.3, 0.4) is 0 Å². The molecular weight excluding hydrogens is 542 g/mol. The molecule has 3 aromatic rings. The molecule has 2 heterocycles. The van der Waals surface area contributed by atoms with E-state index in [1.54, 1.807) is 36.3 Å². The summed E-state index contributed by atoms with van der Waals surface area (Å²) in [5, 5.41) is 23.0. The zero-order chi connectivity index (χ0) is 28.7. The van der Waals surface area contributed by atoms with Crippen molar-refractivity contribution in [3.63, 3.8) is 0 Å². The molecule has 0 aliphatic carbocycles. The number of fused-ring (bicyclic) bond motifs is 1. The lowest BCUT2D eigenvalue weighted by Gasteiger charge is -2.49. The molecule has 10 heteroatoms. The molecule has 1 amide bonds. The van der Waals surface area contributed by atoms with Crippen LogP contribution in [0.5, 0.6) is 11.5 Å². The van der Waals surface area contributed by atoms with E-state index in [0.29, 0.717) is 17.1 Å². The van der Waals surface area contributed by atoms with Crippen molar-refractivity contribution < 1.29 is 33.3 Å². The third-order valence-corrected chi connectivity index (χ3v) is 8.10. The number of anilines is 2. The highest BCUT2D eigenvalue weighted by molar-refractivity contribution is 6.30. The van der Waals surface area contributed by atoms with Crippen molar-refractivity contribution in [2.45, 2.75) is 43.9 Å². The fourth-order valence-electron chi connectivity index (χ4n) is 5.39. The number of carbonyl (C=O) groups is 1. The van der Waals surface area contributed by atoms with Crippen molar-refractivity contribution in [1.29, 1.82) is 0 Å². The first-order valence-corrected chi connectivity index (χ1v) is 13.4. The number of rotatable bonds is 7. The van der Waals surface area contributed by atoms with Crippen LogP contribution in [-0.4, -0.2) is 54.1 Å². The van der Waals surface area contributed by atoms with Crippen molar-refractivity contribution in [3.8, 4) is 11.5 Å². The van der Waals surface area contributed by atoms with E-state index in [1.807, 2.05) is 12.1 Å². The molecule has 2 N–H and O–H groups in total. The van der Waals surface area contributed by atoms with Crippen LogP contribution >= 0.6 is 11.6 Å². The second-order valence-electron chi connectivity index (χ2n) is 10.6. The van der Waals surface area contributed by atoms with Gasteiger partial charge in [-0.3, -0.25) is 4.79 Å². The van der Waals surface area contributed by atoms with Crippen LogP contribution < -0.4 is 19.3 Å². The standard InChI is InChI=1S/C30H31ClF2N2O5/c1-29(37)17-34(25-10-5-20(31)15-24(25)33)14-13-30(29,38)18-40-26-11-9-23(32)28-22(26)8-12-27(36)35(28)16-19-3-6-21(39-2)7-4-19/h3-7,9-11,15,37-38H,8,12-14,16-18H2,1-2H3/t29-,30-/m0/s1. The minimum atomic E-state index is -1.67. The summed E-state index contributed by atoms with van der Waals surface area (Å²) in [6.45, 7) is 1.59. The summed E-state index contributed by atoms with van der Waals surface area (Å²) in [6, 6.07) is 14.2. The number of hydrogen-bond acceptors (Lipinski definition) is 6. The Morgan fingerprint density at radius 3 is 2.45 bits per heavy atom. The van der Waals surface area contributed by atoms with Gasteiger partial charge in [0.15, 0.2) is 0 Å². The molecule has 0 bridgehead atoms. The van der Waals surface area contributed by atoms with Crippen molar-refractivity contribution in [1.82, 2.24) is 0 Å². The number of ether oxygens (including phenoxy) is 2. The summed E-state index contributed by atoms with van der Waals surface area (Å²) in [5.41, 5.74) is -1.56. The minimum absolute atomic E-state index is 0.0446. The van der Waals surface area contributed by atoms with Crippen LogP contribution in [0.4, 0.5) is 20.2 Å². The van der Waals surface area contributed by atoms with Gasteiger partial charge in [0.1, 0.15) is 40.9 Å². The molecule has 0 saturated carbocycles. The number of benzene rings is 3. The minimum Gasteiger partial charge on any atom is -0.497 e. The van der Waals surface area contributed by atoms with E-state index in [0.717, 1.165) is 5.56 Å². The lowest BCUT2D eigenvalue weighted by atomic mass is 9.78. The van der Waals surface area contributed by atoms with E-state index < -0.39 is 22.8 Å². The summed E-state index contributed by atoms with van der Waals surface area (Å²) >= 11 is 5.87. The molecule has 2 aliphatic rings. The normalized spacial score (nSPS) is 22.7. The van der Waals surface area contributed by atoms with Crippen LogP contribution in [0.1, 0.15) is 30.9 Å². The number of hydrogen-bond donors (Lipinski definition) is 2. The van der Waals surface area contributed by atoms with Gasteiger partial charge < -0.3 is 29.5 Å². The van der Waals surface area contributed by atoms with Gasteiger partial charge in [-0.2, -0.15) is 0 Å². The first-order valence-electron chi connectivity index (χ1n) is 13.0. The number of piperidine rings is 1. The molecule has 2 aliphatic heterocycles. The highest BCUT2D eigenvalue weighted by Gasteiger charge is 2.51. The summed E-state index contributed by atoms with van der Waals surface area (Å²) in [6.07, 6.45) is 0.541. The van der Waals surface area contributed by atoms with E-state index in [9.17, 15) is 19.4 Å².